The van der Waals surface area contributed by atoms with Gasteiger partial charge in [0.2, 0.25) is 0 Å². The summed E-state index contributed by atoms with van der Waals surface area (Å²) >= 11 is 1.61. The molecule has 4 nitrogen and oxygen atoms in total. The Balaban J connectivity index is 1.96. The zero-order valence-electron chi connectivity index (χ0n) is 8.91. The molecule has 0 radical (unpaired) electrons. The van der Waals surface area contributed by atoms with E-state index in [2.05, 4.69) is 9.55 Å². The lowest BCUT2D eigenvalue weighted by molar-refractivity contribution is 0.564. The van der Waals surface area contributed by atoms with E-state index >= 15 is 0 Å². The summed E-state index contributed by atoms with van der Waals surface area (Å²) in [6, 6.07) is 7.99. The van der Waals surface area contributed by atoms with Crippen molar-refractivity contribution >= 4 is 32.6 Å². The van der Waals surface area contributed by atoms with Crippen LogP contribution in [-0.4, -0.2) is 34.7 Å². The van der Waals surface area contributed by atoms with Gasteiger partial charge in [-0.1, -0.05) is 23.9 Å². The number of aromatic nitrogens is 2. The molecule has 0 bridgehead atoms. The van der Waals surface area contributed by atoms with E-state index in [1.807, 2.05) is 24.3 Å². The first-order valence-corrected chi connectivity index (χ1v) is 8.18. The Hall–Kier alpha value is -1.01. The van der Waals surface area contributed by atoms with Crippen molar-refractivity contribution in [2.24, 2.45) is 0 Å². The molecule has 2 aliphatic rings. The Morgan fingerprint density at radius 3 is 3.00 bits per heavy atom. The van der Waals surface area contributed by atoms with Gasteiger partial charge in [-0.2, -0.15) is 0 Å². The van der Waals surface area contributed by atoms with Crippen LogP contribution in [0.1, 0.15) is 6.04 Å². The van der Waals surface area contributed by atoms with E-state index in [1.54, 1.807) is 11.8 Å². The fourth-order valence-electron chi connectivity index (χ4n) is 2.71. The second-order valence-electron chi connectivity index (χ2n) is 4.55. The third-order valence-corrected chi connectivity index (χ3v) is 6.63. The zero-order valence-corrected chi connectivity index (χ0v) is 10.5. The maximum atomic E-state index is 11.7. The first-order valence-electron chi connectivity index (χ1n) is 5.48. The molecule has 2 aromatic rings. The maximum absolute atomic E-state index is 11.7. The molecule has 88 valence electrons. The first kappa shape index (κ1) is 9.96. The van der Waals surface area contributed by atoms with Crippen molar-refractivity contribution in [2.45, 2.75) is 16.4 Å². The van der Waals surface area contributed by atoms with Gasteiger partial charge in [0.05, 0.1) is 28.6 Å². The SMILES string of the molecule is O=S1(=O)CC2Sc3nc4ccccc4n3C2C1. The Bertz CT molecular complexity index is 720. The van der Waals surface area contributed by atoms with Gasteiger partial charge in [-0.3, -0.25) is 0 Å². The molecule has 0 N–H and O–H groups in total. The highest BCUT2D eigenvalue weighted by Gasteiger charge is 2.45. The average molecular weight is 266 g/mol. The van der Waals surface area contributed by atoms with Crippen LogP contribution in [0.2, 0.25) is 0 Å². The van der Waals surface area contributed by atoms with Gasteiger partial charge in [0, 0.05) is 5.25 Å². The molecular weight excluding hydrogens is 256 g/mol. The number of benzene rings is 1. The lowest BCUT2D eigenvalue weighted by atomic mass is 10.2. The van der Waals surface area contributed by atoms with Crippen LogP contribution in [0.25, 0.3) is 11.0 Å². The number of rotatable bonds is 0. The molecule has 3 heterocycles. The van der Waals surface area contributed by atoms with E-state index in [4.69, 9.17) is 0 Å². The number of hydrogen-bond donors (Lipinski definition) is 0. The lowest BCUT2D eigenvalue weighted by Crippen LogP contribution is -2.12. The summed E-state index contributed by atoms with van der Waals surface area (Å²) in [4.78, 5) is 4.55. The summed E-state index contributed by atoms with van der Waals surface area (Å²) in [6.45, 7) is 0. The highest BCUT2D eigenvalue weighted by atomic mass is 32.2. The number of para-hydroxylation sites is 2. The van der Waals surface area contributed by atoms with E-state index in [0.717, 1.165) is 16.2 Å². The van der Waals surface area contributed by atoms with Crippen molar-refractivity contribution in [3.63, 3.8) is 0 Å². The van der Waals surface area contributed by atoms with Gasteiger partial charge in [-0.15, -0.1) is 0 Å². The van der Waals surface area contributed by atoms with Gasteiger partial charge >= 0.3 is 0 Å². The minimum atomic E-state index is -2.86. The normalized spacial score (nSPS) is 29.4. The lowest BCUT2D eigenvalue weighted by Gasteiger charge is -2.09. The van der Waals surface area contributed by atoms with Crippen molar-refractivity contribution in [3.8, 4) is 0 Å². The smallest absolute Gasteiger partial charge is 0.169 e. The summed E-state index contributed by atoms with van der Waals surface area (Å²) < 4.78 is 25.4. The molecule has 0 aliphatic carbocycles. The Labute approximate surface area is 103 Å². The number of hydrogen-bond acceptors (Lipinski definition) is 4. The number of fused-ring (bicyclic) bond motifs is 5. The predicted octanol–water partition coefficient (Wildman–Crippen LogP) is 1.48. The summed E-state index contributed by atoms with van der Waals surface area (Å²) in [7, 11) is -2.86. The third-order valence-electron chi connectivity index (χ3n) is 3.42. The second kappa shape index (κ2) is 3.05. The minimum absolute atomic E-state index is 0.0763. The molecule has 2 unspecified atom stereocenters. The van der Waals surface area contributed by atoms with Crippen molar-refractivity contribution in [2.75, 3.05) is 11.5 Å². The Kier molecular flexibility index (Phi) is 1.79. The highest BCUT2D eigenvalue weighted by molar-refractivity contribution is 8.02. The molecule has 0 spiro atoms. The maximum Gasteiger partial charge on any atom is 0.169 e. The molecule has 1 aromatic carbocycles. The fraction of sp³-hybridized carbons (Fsp3) is 0.364. The topological polar surface area (TPSA) is 52.0 Å². The van der Waals surface area contributed by atoms with Gasteiger partial charge in [0.25, 0.3) is 0 Å². The molecule has 17 heavy (non-hydrogen) atoms. The largest absolute Gasteiger partial charge is 0.314 e. The molecule has 4 rings (SSSR count). The number of imidazole rings is 1. The Morgan fingerprint density at radius 2 is 2.12 bits per heavy atom. The minimum Gasteiger partial charge on any atom is -0.314 e. The number of sulfone groups is 1. The van der Waals surface area contributed by atoms with Crippen LogP contribution in [0.5, 0.6) is 0 Å². The summed E-state index contributed by atoms with van der Waals surface area (Å²) in [6.07, 6.45) is 0. The summed E-state index contributed by atoms with van der Waals surface area (Å²) in [5.74, 6) is 0.554. The van der Waals surface area contributed by atoms with Crippen molar-refractivity contribution in [3.05, 3.63) is 24.3 Å². The molecule has 0 saturated carbocycles. The van der Waals surface area contributed by atoms with E-state index in [0.29, 0.717) is 5.75 Å². The number of nitrogens with zero attached hydrogens (tertiary/aromatic N) is 2. The number of thioether (sulfide) groups is 1. The summed E-state index contributed by atoms with van der Waals surface area (Å²) in [5.41, 5.74) is 2.01. The van der Waals surface area contributed by atoms with Gasteiger partial charge < -0.3 is 4.57 Å². The van der Waals surface area contributed by atoms with Crippen LogP contribution in [0.15, 0.2) is 29.4 Å². The van der Waals surface area contributed by atoms with Crippen LogP contribution in [0, 0.1) is 0 Å². The van der Waals surface area contributed by atoms with Gasteiger partial charge in [0.1, 0.15) is 0 Å². The monoisotopic (exact) mass is 266 g/mol. The molecule has 2 aliphatic heterocycles. The van der Waals surface area contributed by atoms with E-state index < -0.39 is 9.84 Å². The van der Waals surface area contributed by atoms with Crippen molar-refractivity contribution < 1.29 is 8.42 Å². The molecule has 0 amide bonds. The van der Waals surface area contributed by atoms with E-state index in [1.165, 1.54) is 0 Å². The van der Waals surface area contributed by atoms with E-state index in [-0.39, 0.29) is 17.0 Å². The predicted molar refractivity (Wildman–Crippen MR) is 67.1 cm³/mol. The van der Waals surface area contributed by atoms with Crippen LogP contribution in [0.3, 0.4) is 0 Å². The van der Waals surface area contributed by atoms with Crippen LogP contribution in [-0.2, 0) is 9.84 Å². The molecule has 2 atom stereocenters. The Morgan fingerprint density at radius 1 is 1.29 bits per heavy atom. The van der Waals surface area contributed by atoms with Crippen LogP contribution < -0.4 is 0 Å². The zero-order chi connectivity index (χ0) is 11.6. The third kappa shape index (κ3) is 1.31. The quantitative estimate of drug-likeness (QED) is 0.725. The van der Waals surface area contributed by atoms with E-state index in [9.17, 15) is 8.42 Å². The molecule has 1 fully saturated rings. The molecule has 6 heteroatoms. The standard InChI is InChI=1S/C11H10N2O2S2/c14-17(15)5-9-10(6-17)16-11-12-7-3-1-2-4-8(7)13(9)11/h1-4,9-10H,5-6H2. The fourth-order valence-corrected chi connectivity index (χ4v) is 6.63. The first-order chi connectivity index (χ1) is 8.14. The van der Waals surface area contributed by atoms with Crippen molar-refractivity contribution in [1.29, 1.82) is 0 Å². The van der Waals surface area contributed by atoms with Gasteiger partial charge in [0.15, 0.2) is 15.0 Å². The van der Waals surface area contributed by atoms with Gasteiger partial charge in [-0.05, 0) is 12.1 Å². The second-order valence-corrected chi connectivity index (χ2v) is 7.91. The molecule has 1 aromatic heterocycles. The summed E-state index contributed by atoms with van der Waals surface area (Å²) in [5, 5.41) is 1.13. The average Bonchev–Trinajstić information content (AvgIpc) is 2.83. The van der Waals surface area contributed by atoms with Crippen molar-refractivity contribution in [1.82, 2.24) is 9.55 Å². The van der Waals surface area contributed by atoms with Crippen LogP contribution >= 0.6 is 11.8 Å². The van der Waals surface area contributed by atoms with Gasteiger partial charge in [-0.25, -0.2) is 13.4 Å². The van der Waals surface area contributed by atoms with Crippen LogP contribution in [0.4, 0.5) is 0 Å². The highest BCUT2D eigenvalue weighted by Crippen LogP contribution is 2.46. The molecular formula is C11H10N2O2S2. The molecule has 1 saturated heterocycles.